The first-order valence-corrected chi connectivity index (χ1v) is 9.00. The van der Waals surface area contributed by atoms with Crippen molar-refractivity contribution in [3.05, 3.63) is 0 Å². The van der Waals surface area contributed by atoms with Crippen LogP contribution in [-0.4, -0.2) is 76.4 Å². The highest BCUT2D eigenvalue weighted by atomic mass is 16.5. The predicted octanol–water partition coefficient (Wildman–Crippen LogP) is -2.11. The van der Waals surface area contributed by atoms with E-state index in [2.05, 4.69) is 31.0 Å². The van der Waals surface area contributed by atoms with Gasteiger partial charge >= 0.3 is 5.97 Å². The van der Waals surface area contributed by atoms with Crippen LogP contribution < -0.4 is 27.0 Å². The van der Waals surface area contributed by atoms with Crippen LogP contribution in [0.2, 0.25) is 0 Å². The predicted molar refractivity (Wildman–Crippen MR) is 104 cm³/mol. The van der Waals surface area contributed by atoms with Crippen LogP contribution in [0.3, 0.4) is 0 Å². The van der Waals surface area contributed by atoms with Crippen LogP contribution in [0, 0.1) is 5.92 Å². The van der Waals surface area contributed by atoms with Gasteiger partial charge in [-0.3, -0.25) is 24.2 Å². The minimum absolute atomic E-state index is 0.0219. The van der Waals surface area contributed by atoms with Gasteiger partial charge in [0.1, 0.15) is 6.04 Å². The van der Waals surface area contributed by atoms with E-state index in [0.717, 1.165) is 0 Å². The lowest BCUT2D eigenvalue weighted by Crippen LogP contribution is -2.46. The largest absolute Gasteiger partial charge is 0.468 e. The summed E-state index contributed by atoms with van der Waals surface area (Å²) >= 11 is 0. The number of carbonyl (C=O) groups excluding carboxylic acids is 4. The van der Waals surface area contributed by atoms with Crippen molar-refractivity contribution in [3.63, 3.8) is 0 Å². The van der Waals surface area contributed by atoms with Gasteiger partial charge in [-0.1, -0.05) is 0 Å². The Hall–Kier alpha value is -2.69. The average molecular weight is 400 g/mol. The Balaban J connectivity index is 4.78. The van der Waals surface area contributed by atoms with Crippen molar-refractivity contribution in [3.8, 4) is 0 Å². The number of ketones is 1. The lowest BCUT2D eigenvalue weighted by molar-refractivity contribution is -0.143. The lowest BCUT2D eigenvalue weighted by Gasteiger charge is -2.19. The summed E-state index contributed by atoms with van der Waals surface area (Å²) in [6.07, 6.45) is 0.976. The quantitative estimate of drug-likeness (QED) is 0.101. The van der Waals surface area contributed by atoms with E-state index in [-0.39, 0.29) is 43.1 Å². The molecule has 0 aromatic heterocycles. The molecule has 0 bridgehead atoms. The zero-order chi connectivity index (χ0) is 21.5. The van der Waals surface area contributed by atoms with E-state index in [9.17, 15) is 19.2 Å². The first-order valence-electron chi connectivity index (χ1n) is 9.00. The van der Waals surface area contributed by atoms with Crippen LogP contribution in [0.25, 0.3) is 0 Å². The second kappa shape index (κ2) is 14.4. The molecule has 11 nitrogen and oxygen atoms in total. The molecule has 0 unspecified atom stereocenters. The van der Waals surface area contributed by atoms with Crippen LogP contribution >= 0.6 is 0 Å². The van der Waals surface area contributed by atoms with Gasteiger partial charge in [-0.15, -0.1) is 0 Å². The van der Waals surface area contributed by atoms with Gasteiger partial charge in [0.05, 0.1) is 13.7 Å². The molecular weight excluding hydrogens is 368 g/mol. The highest BCUT2D eigenvalue weighted by Crippen LogP contribution is 2.12. The highest BCUT2D eigenvalue weighted by Gasteiger charge is 2.24. The molecule has 0 fully saturated rings. The minimum atomic E-state index is -0.688. The number of guanidine groups is 1. The van der Waals surface area contributed by atoms with Crippen molar-refractivity contribution >= 4 is 29.5 Å². The maximum atomic E-state index is 12.5. The van der Waals surface area contributed by atoms with Crippen LogP contribution in [0.1, 0.15) is 26.2 Å². The lowest BCUT2D eigenvalue weighted by atomic mass is 9.95. The number of nitrogens with zero attached hydrogens (tertiary/aromatic N) is 1. The van der Waals surface area contributed by atoms with Crippen molar-refractivity contribution in [2.45, 2.75) is 32.2 Å². The van der Waals surface area contributed by atoms with Crippen LogP contribution in [0.5, 0.6) is 0 Å². The van der Waals surface area contributed by atoms with Gasteiger partial charge in [-0.2, -0.15) is 0 Å². The van der Waals surface area contributed by atoms with E-state index in [0.29, 0.717) is 19.4 Å². The number of hydrogen-bond donors (Lipinski definition) is 5. The molecule has 0 heterocycles. The van der Waals surface area contributed by atoms with Crippen LogP contribution in [0.15, 0.2) is 4.99 Å². The van der Waals surface area contributed by atoms with Gasteiger partial charge in [0, 0.05) is 39.4 Å². The summed E-state index contributed by atoms with van der Waals surface area (Å²) in [5.41, 5.74) is 5.55. The molecular formula is C17H32N6O5. The fourth-order valence-corrected chi connectivity index (χ4v) is 2.33. The number of likely N-dealkylation sites (N-methyl/N-ethyl adjacent to an activating group) is 1. The zero-order valence-electron chi connectivity index (χ0n) is 17.0. The number of ether oxygens (including phenoxy) is 1. The number of aliphatic imine (C=N–C) groups is 1. The van der Waals surface area contributed by atoms with E-state index in [1.807, 2.05) is 0 Å². The minimum Gasteiger partial charge on any atom is -0.468 e. The Morgan fingerprint density at radius 3 is 2.36 bits per heavy atom. The summed E-state index contributed by atoms with van der Waals surface area (Å²) < 4.78 is 4.65. The number of esters is 1. The van der Waals surface area contributed by atoms with E-state index < -0.39 is 17.9 Å². The van der Waals surface area contributed by atoms with Gasteiger partial charge < -0.3 is 31.7 Å². The van der Waals surface area contributed by atoms with Gasteiger partial charge in [-0.05, 0) is 19.9 Å². The van der Waals surface area contributed by atoms with Gasteiger partial charge in [0.15, 0.2) is 11.7 Å². The molecule has 28 heavy (non-hydrogen) atoms. The average Bonchev–Trinajstić information content (AvgIpc) is 2.68. The molecule has 0 saturated heterocycles. The Morgan fingerprint density at radius 1 is 1.14 bits per heavy atom. The maximum Gasteiger partial charge on any atom is 0.324 e. The summed E-state index contributed by atoms with van der Waals surface area (Å²) in [6.45, 7) is 1.71. The third-order valence-electron chi connectivity index (χ3n) is 3.97. The second-order valence-corrected chi connectivity index (χ2v) is 6.14. The van der Waals surface area contributed by atoms with Crippen LogP contribution in [0.4, 0.5) is 0 Å². The molecule has 0 rings (SSSR count). The third-order valence-corrected chi connectivity index (χ3v) is 3.97. The molecule has 0 aliphatic carbocycles. The Kier molecular flexibility index (Phi) is 13.0. The molecule has 160 valence electrons. The molecule has 0 saturated carbocycles. The van der Waals surface area contributed by atoms with Crippen molar-refractivity contribution in [1.29, 1.82) is 0 Å². The molecule has 11 heteroatoms. The number of methoxy groups -OCH3 is 1. The number of amides is 2. The summed E-state index contributed by atoms with van der Waals surface area (Å²) in [6, 6.07) is -0.688. The van der Waals surface area contributed by atoms with Gasteiger partial charge in [0.25, 0.3) is 0 Å². The Bertz CT molecular complexity index is 566. The molecule has 0 aliphatic rings. The topological polar surface area (TPSA) is 164 Å². The second-order valence-electron chi connectivity index (χ2n) is 6.14. The summed E-state index contributed by atoms with van der Waals surface area (Å²) in [7, 11) is 4.39. The molecule has 6 N–H and O–H groups in total. The maximum absolute atomic E-state index is 12.5. The monoisotopic (exact) mass is 400 g/mol. The molecule has 0 aromatic rings. The zero-order valence-corrected chi connectivity index (χ0v) is 17.0. The standard InChI is InChI=1S/C17H32N6O5/c1-11(24)22-9-13(25)8-12(6-5-7-21-17(18)20-3)15(26)23-10-14(19-2)16(27)28-4/h12,14,19H,5-10H2,1-4H3,(H,22,24)(H,23,26)(H3,18,20,21)/t12-,14+/m1/s1. The molecule has 0 radical (unpaired) electrons. The first-order chi connectivity index (χ1) is 13.2. The van der Waals surface area contributed by atoms with Crippen molar-refractivity contribution in [1.82, 2.24) is 21.3 Å². The van der Waals surface area contributed by atoms with Gasteiger partial charge in [0.2, 0.25) is 11.8 Å². The van der Waals surface area contributed by atoms with Crippen molar-refractivity contribution in [2.24, 2.45) is 16.6 Å². The number of hydrogen-bond acceptors (Lipinski definition) is 7. The summed E-state index contributed by atoms with van der Waals surface area (Å²) in [4.78, 5) is 50.9. The van der Waals surface area contributed by atoms with Crippen molar-refractivity contribution in [2.75, 3.05) is 40.8 Å². The van der Waals surface area contributed by atoms with Gasteiger partial charge in [-0.25, -0.2) is 0 Å². The number of nitrogens with one attached hydrogen (secondary N) is 4. The Labute approximate surface area is 165 Å². The third kappa shape index (κ3) is 11.1. The van der Waals surface area contributed by atoms with Crippen molar-refractivity contribution < 1.29 is 23.9 Å². The van der Waals surface area contributed by atoms with E-state index in [1.54, 1.807) is 14.1 Å². The number of carbonyl (C=O) groups is 4. The number of Topliss-reactive ketones (excluding diaryl/α,β-unsaturated/α-hetero) is 1. The highest BCUT2D eigenvalue weighted by molar-refractivity contribution is 5.90. The number of rotatable bonds is 13. The fraction of sp³-hybridized carbons (Fsp3) is 0.706. The first kappa shape index (κ1) is 25.3. The Morgan fingerprint density at radius 2 is 1.82 bits per heavy atom. The normalized spacial score (nSPS) is 13.2. The molecule has 2 atom stereocenters. The molecule has 2 amide bonds. The SMILES string of the molecule is CN=C(N)NCCC[C@H](CC(=O)CNC(C)=O)C(=O)NC[C@H](NC)C(=O)OC. The van der Waals surface area contributed by atoms with E-state index in [1.165, 1.54) is 14.0 Å². The molecule has 0 spiro atoms. The van der Waals surface area contributed by atoms with Crippen LogP contribution in [-0.2, 0) is 23.9 Å². The smallest absolute Gasteiger partial charge is 0.324 e. The fourth-order valence-electron chi connectivity index (χ4n) is 2.33. The number of nitrogens with two attached hydrogens (primary N) is 1. The molecule has 0 aromatic carbocycles. The summed E-state index contributed by atoms with van der Waals surface area (Å²) in [5, 5.41) is 10.7. The van der Waals surface area contributed by atoms with E-state index >= 15 is 0 Å². The summed E-state index contributed by atoms with van der Waals surface area (Å²) in [5.74, 6) is -1.73. The molecule has 0 aliphatic heterocycles. The van der Waals surface area contributed by atoms with E-state index in [4.69, 9.17) is 5.73 Å².